The van der Waals surface area contributed by atoms with Gasteiger partial charge in [0.15, 0.2) is 5.13 Å². The number of nitrogens with zero attached hydrogens (tertiary/aromatic N) is 2. The predicted octanol–water partition coefficient (Wildman–Crippen LogP) is 4.90. The number of nitrogens with one attached hydrogen (secondary N) is 2. The maximum Gasteiger partial charge on any atom is 0.271 e. The van der Waals surface area contributed by atoms with Gasteiger partial charge in [-0.25, -0.2) is 4.98 Å². The molecule has 0 bridgehead atoms. The van der Waals surface area contributed by atoms with Crippen LogP contribution in [-0.4, -0.2) is 15.8 Å². The van der Waals surface area contributed by atoms with Gasteiger partial charge in [0.2, 0.25) is 0 Å². The Balaban J connectivity index is 1.65. The number of thiazole rings is 1. The Morgan fingerprint density at radius 3 is 2.39 bits per heavy atom. The Morgan fingerprint density at radius 1 is 1.14 bits per heavy atom. The van der Waals surface area contributed by atoms with Crippen LogP contribution in [-0.2, 0) is 0 Å². The van der Waals surface area contributed by atoms with Gasteiger partial charge in [0.1, 0.15) is 5.69 Å². The molecule has 0 fully saturated rings. The number of rotatable bonds is 6. The lowest BCUT2D eigenvalue weighted by molar-refractivity contribution is -0.384. The number of aromatic nitrogens is 1. The summed E-state index contributed by atoms with van der Waals surface area (Å²) >= 11 is 1.35. The zero-order valence-electron chi connectivity index (χ0n) is 15.7. The van der Waals surface area contributed by atoms with E-state index in [2.05, 4.69) is 21.7 Å². The number of carbonyl (C=O) groups excluding carboxylic acids is 1. The fourth-order valence-electron chi connectivity index (χ4n) is 2.84. The van der Waals surface area contributed by atoms with Gasteiger partial charge in [-0.15, -0.1) is 11.3 Å². The summed E-state index contributed by atoms with van der Waals surface area (Å²) in [5.74, 6) is -0.296. The maximum absolute atomic E-state index is 12.5. The van der Waals surface area contributed by atoms with Gasteiger partial charge in [0.05, 0.1) is 11.0 Å². The molecule has 0 aliphatic heterocycles. The minimum atomic E-state index is -0.452. The van der Waals surface area contributed by atoms with Crippen molar-refractivity contribution < 1.29 is 9.72 Å². The van der Waals surface area contributed by atoms with Crippen molar-refractivity contribution in [3.63, 3.8) is 0 Å². The summed E-state index contributed by atoms with van der Waals surface area (Å²) in [5.41, 5.74) is 4.35. The highest BCUT2D eigenvalue weighted by Crippen LogP contribution is 2.23. The highest BCUT2D eigenvalue weighted by Gasteiger charge is 2.16. The minimum absolute atomic E-state index is 0.0175. The SMILES string of the molecule is Cc1cc(C)cc(Nc2nc(C(=O)N[C@H](C)c3ccc([N+](=O)[O-])cc3)cs2)c1. The molecular weight excluding hydrogens is 376 g/mol. The van der Waals surface area contributed by atoms with Gasteiger partial charge in [-0.3, -0.25) is 14.9 Å². The number of benzene rings is 2. The number of aryl methyl sites for hydroxylation is 2. The average molecular weight is 396 g/mol. The molecule has 0 unspecified atom stereocenters. The zero-order chi connectivity index (χ0) is 20.3. The molecule has 28 heavy (non-hydrogen) atoms. The van der Waals surface area contributed by atoms with E-state index in [9.17, 15) is 14.9 Å². The molecule has 1 heterocycles. The fourth-order valence-corrected chi connectivity index (χ4v) is 3.56. The van der Waals surface area contributed by atoms with Crippen LogP contribution in [0.2, 0.25) is 0 Å². The molecule has 3 rings (SSSR count). The molecule has 144 valence electrons. The highest BCUT2D eigenvalue weighted by molar-refractivity contribution is 7.14. The smallest absolute Gasteiger partial charge is 0.271 e. The van der Waals surface area contributed by atoms with E-state index in [-0.39, 0.29) is 17.6 Å². The molecule has 0 saturated heterocycles. The molecular formula is C20H20N4O3S. The van der Waals surface area contributed by atoms with Crippen LogP contribution in [0.3, 0.4) is 0 Å². The Bertz CT molecular complexity index is 994. The van der Waals surface area contributed by atoms with E-state index in [1.54, 1.807) is 17.5 Å². The third kappa shape index (κ3) is 4.72. The molecule has 0 aliphatic rings. The van der Waals surface area contributed by atoms with Crippen LogP contribution in [0.4, 0.5) is 16.5 Å². The molecule has 0 aliphatic carbocycles. The van der Waals surface area contributed by atoms with Crippen LogP contribution in [0, 0.1) is 24.0 Å². The number of hydrogen-bond donors (Lipinski definition) is 2. The third-order valence-electron chi connectivity index (χ3n) is 4.16. The van der Waals surface area contributed by atoms with E-state index in [0.29, 0.717) is 10.8 Å². The summed E-state index contributed by atoms with van der Waals surface area (Å²) in [6.07, 6.45) is 0. The number of hydrogen-bond acceptors (Lipinski definition) is 6. The molecule has 1 aromatic heterocycles. The summed E-state index contributed by atoms with van der Waals surface area (Å²) in [4.78, 5) is 27.1. The second kappa shape index (κ2) is 8.18. The second-order valence-corrected chi connectivity index (χ2v) is 7.44. The molecule has 0 saturated carbocycles. The topological polar surface area (TPSA) is 97.2 Å². The number of carbonyl (C=O) groups is 1. The van der Waals surface area contributed by atoms with E-state index in [4.69, 9.17) is 0 Å². The Hall–Kier alpha value is -3.26. The standard InChI is InChI=1S/C20H20N4O3S/c1-12-8-13(2)10-16(9-12)22-20-23-18(11-28-20)19(25)21-14(3)15-4-6-17(7-5-15)24(26)27/h4-11,14H,1-3H3,(H,21,25)(H,22,23)/t14-/m1/s1. The summed E-state index contributed by atoms with van der Waals surface area (Å²) in [7, 11) is 0. The van der Waals surface area contributed by atoms with E-state index in [1.807, 2.05) is 32.9 Å². The van der Waals surface area contributed by atoms with Gasteiger partial charge in [-0.1, -0.05) is 18.2 Å². The largest absolute Gasteiger partial charge is 0.344 e. The highest BCUT2D eigenvalue weighted by atomic mass is 32.1. The van der Waals surface area contributed by atoms with E-state index >= 15 is 0 Å². The van der Waals surface area contributed by atoms with Gasteiger partial charge in [-0.2, -0.15) is 0 Å². The van der Waals surface area contributed by atoms with E-state index in [0.717, 1.165) is 22.4 Å². The lowest BCUT2D eigenvalue weighted by atomic mass is 10.1. The summed E-state index contributed by atoms with van der Waals surface area (Å²) in [6, 6.07) is 11.9. The van der Waals surface area contributed by atoms with Gasteiger partial charge >= 0.3 is 0 Å². The molecule has 0 radical (unpaired) electrons. The Morgan fingerprint density at radius 2 is 1.79 bits per heavy atom. The Labute approximate surface area is 166 Å². The summed E-state index contributed by atoms with van der Waals surface area (Å²) < 4.78 is 0. The number of nitro groups is 1. The first-order valence-electron chi connectivity index (χ1n) is 8.68. The molecule has 2 N–H and O–H groups in total. The van der Waals surface area contributed by atoms with Crippen molar-refractivity contribution >= 4 is 33.8 Å². The van der Waals surface area contributed by atoms with Crippen molar-refractivity contribution in [2.24, 2.45) is 0 Å². The summed E-state index contributed by atoms with van der Waals surface area (Å²) in [6.45, 7) is 5.87. The first kappa shape index (κ1) is 19.5. The van der Waals surface area contributed by atoms with Crippen molar-refractivity contribution in [3.8, 4) is 0 Å². The van der Waals surface area contributed by atoms with Crippen LogP contribution in [0.5, 0.6) is 0 Å². The first-order valence-corrected chi connectivity index (χ1v) is 9.56. The van der Waals surface area contributed by atoms with Crippen LogP contribution >= 0.6 is 11.3 Å². The van der Waals surface area contributed by atoms with Crippen molar-refractivity contribution in [1.82, 2.24) is 10.3 Å². The molecule has 1 amide bonds. The fraction of sp³-hybridized carbons (Fsp3) is 0.200. The summed E-state index contributed by atoms with van der Waals surface area (Å²) in [5, 5.41) is 19.2. The van der Waals surface area contributed by atoms with Crippen LogP contribution in [0.25, 0.3) is 0 Å². The lowest BCUT2D eigenvalue weighted by Gasteiger charge is -2.13. The predicted molar refractivity (Wildman–Crippen MR) is 110 cm³/mol. The van der Waals surface area contributed by atoms with Gasteiger partial charge < -0.3 is 10.6 Å². The molecule has 7 nitrogen and oxygen atoms in total. The molecule has 2 aromatic carbocycles. The van der Waals surface area contributed by atoms with Crippen molar-refractivity contribution in [1.29, 1.82) is 0 Å². The molecule has 8 heteroatoms. The zero-order valence-corrected chi connectivity index (χ0v) is 16.5. The van der Waals surface area contributed by atoms with Crippen molar-refractivity contribution in [2.45, 2.75) is 26.8 Å². The number of nitro benzene ring substituents is 1. The second-order valence-electron chi connectivity index (χ2n) is 6.58. The normalized spacial score (nSPS) is 11.7. The monoisotopic (exact) mass is 396 g/mol. The van der Waals surface area contributed by atoms with Gasteiger partial charge in [0, 0.05) is 23.2 Å². The molecule has 0 spiro atoms. The average Bonchev–Trinajstić information content (AvgIpc) is 3.09. The maximum atomic E-state index is 12.5. The van der Waals surface area contributed by atoms with Crippen molar-refractivity contribution in [3.05, 3.63) is 80.3 Å². The third-order valence-corrected chi connectivity index (χ3v) is 4.92. The van der Waals surface area contributed by atoms with Crippen molar-refractivity contribution in [2.75, 3.05) is 5.32 Å². The van der Waals surface area contributed by atoms with Crippen LogP contribution < -0.4 is 10.6 Å². The van der Waals surface area contributed by atoms with Gasteiger partial charge in [-0.05, 0) is 49.6 Å². The quantitative estimate of drug-likeness (QED) is 0.456. The Kier molecular flexibility index (Phi) is 5.70. The van der Waals surface area contributed by atoms with Crippen LogP contribution in [0.1, 0.15) is 40.1 Å². The first-order chi connectivity index (χ1) is 13.3. The lowest BCUT2D eigenvalue weighted by Crippen LogP contribution is -2.26. The van der Waals surface area contributed by atoms with Crippen LogP contribution in [0.15, 0.2) is 47.8 Å². The number of amides is 1. The molecule has 3 aromatic rings. The minimum Gasteiger partial charge on any atom is -0.344 e. The number of anilines is 2. The number of non-ortho nitro benzene ring substituents is 1. The van der Waals surface area contributed by atoms with E-state index in [1.165, 1.54) is 23.5 Å². The van der Waals surface area contributed by atoms with E-state index < -0.39 is 4.92 Å². The molecule has 1 atom stereocenters. The van der Waals surface area contributed by atoms with Gasteiger partial charge in [0.25, 0.3) is 11.6 Å².